The van der Waals surface area contributed by atoms with Gasteiger partial charge < -0.3 is 15.5 Å². The Kier molecular flexibility index (Phi) is 7.36. The zero-order valence-corrected chi connectivity index (χ0v) is 14.5. The van der Waals surface area contributed by atoms with E-state index in [0.717, 1.165) is 26.2 Å². The van der Waals surface area contributed by atoms with E-state index in [1.165, 1.54) is 12.0 Å². The summed E-state index contributed by atoms with van der Waals surface area (Å²) in [6.45, 7) is 11.2. The summed E-state index contributed by atoms with van der Waals surface area (Å²) < 4.78 is 0. The average molecular weight is 291 g/mol. The molecule has 1 aromatic rings. The Hall–Kier alpha value is -0.900. The predicted octanol–water partition coefficient (Wildman–Crippen LogP) is 2.99. The van der Waals surface area contributed by atoms with E-state index in [4.69, 9.17) is 5.73 Å². The lowest BCUT2D eigenvalue weighted by molar-refractivity contribution is 0.143. The van der Waals surface area contributed by atoms with Crippen LogP contribution < -0.4 is 5.73 Å². The van der Waals surface area contributed by atoms with Crippen molar-refractivity contribution in [1.82, 2.24) is 9.80 Å². The smallest absolute Gasteiger partial charge is 0.0359 e. The molecule has 21 heavy (non-hydrogen) atoms. The monoisotopic (exact) mass is 291 g/mol. The number of benzene rings is 1. The molecule has 0 amide bonds. The summed E-state index contributed by atoms with van der Waals surface area (Å²) in [5.74, 6) is 0. The molecule has 3 nitrogen and oxygen atoms in total. The molecule has 1 unspecified atom stereocenters. The molecule has 0 saturated heterocycles. The van der Waals surface area contributed by atoms with Gasteiger partial charge >= 0.3 is 0 Å². The standard InChI is InChI=1S/C18H33N3/c1-6-12-21(14-13-20(4)5)15-18(2,3)17(19)16-10-8-7-9-11-16/h7-11,17H,6,12-15,19H2,1-5H3. The molecule has 0 fully saturated rings. The Morgan fingerprint density at radius 2 is 1.67 bits per heavy atom. The van der Waals surface area contributed by atoms with Crippen LogP contribution in [0.15, 0.2) is 30.3 Å². The van der Waals surface area contributed by atoms with E-state index in [0.29, 0.717) is 0 Å². The lowest BCUT2D eigenvalue weighted by Gasteiger charge is -2.37. The minimum absolute atomic E-state index is 0.0584. The van der Waals surface area contributed by atoms with Gasteiger partial charge in [0.1, 0.15) is 0 Å². The first-order valence-electron chi connectivity index (χ1n) is 8.04. The predicted molar refractivity (Wildman–Crippen MR) is 92.4 cm³/mol. The molecule has 0 radical (unpaired) electrons. The van der Waals surface area contributed by atoms with Crippen molar-refractivity contribution in [2.24, 2.45) is 11.1 Å². The number of nitrogens with zero attached hydrogens (tertiary/aromatic N) is 2. The highest BCUT2D eigenvalue weighted by atomic mass is 15.2. The molecule has 0 aliphatic carbocycles. The second kappa shape index (κ2) is 8.52. The van der Waals surface area contributed by atoms with Crippen molar-refractivity contribution in [1.29, 1.82) is 0 Å². The highest BCUT2D eigenvalue weighted by Gasteiger charge is 2.29. The Labute approximate surface area is 131 Å². The van der Waals surface area contributed by atoms with Gasteiger partial charge in [0.05, 0.1) is 0 Å². The summed E-state index contributed by atoms with van der Waals surface area (Å²) >= 11 is 0. The van der Waals surface area contributed by atoms with Crippen molar-refractivity contribution in [3.05, 3.63) is 35.9 Å². The quantitative estimate of drug-likeness (QED) is 0.759. The molecule has 0 aliphatic rings. The fraction of sp³-hybridized carbons (Fsp3) is 0.667. The van der Waals surface area contributed by atoms with Crippen LogP contribution >= 0.6 is 0 Å². The van der Waals surface area contributed by atoms with E-state index in [9.17, 15) is 0 Å². The molecule has 1 aromatic carbocycles. The summed E-state index contributed by atoms with van der Waals surface area (Å²) in [4.78, 5) is 4.79. The van der Waals surface area contributed by atoms with E-state index in [1.54, 1.807) is 0 Å². The number of likely N-dealkylation sites (N-methyl/N-ethyl adjacent to an activating group) is 1. The molecule has 0 aromatic heterocycles. The highest BCUT2D eigenvalue weighted by Crippen LogP contribution is 2.32. The minimum atomic E-state index is 0.0584. The third-order valence-corrected chi connectivity index (χ3v) is 4.04. The van der Waals surface area contributed by atoms with Gasteiger partial charge in [-0.2, -0.15) is 0 Å². The van der Waals surface area contributed by atoms with Crippen LogP contribution in [0.3, 0.4) is 0 Å². The van der Waals surface area contributed by atoms with Crippen LogP contribution in [-0.2, 0) is 0 Å². The molecule has 3 heteroatoms. The van der Waals surface area contributed by atoms with Crippen LogP contribution in [0, 0.1) is 5.41 Å². The van der Waals surface area contributed by atoms with Gasteiger partial charge in [0, 0.05) is 25.7 Å². The van der Waals surface area contributed by atoms with Crippen LogP contribution in [0.2, 0.25) is 0 Å². The van der Waals surface area contributed by atoms with Gasteiger partial charge in [-0.1, -0.05) is 51.1 Å². The third-order valence-electron chi connectivity index (χ3n) is 4.04. The number of hydrogen-bond donors (Lipinski definition) is 1. The number of nitrogens with two attached hydrogens (primary N) is 1. The van der Waals surface area contributed by atoms with Gasteiger partial charge in [-0.3, -0.25) is 0 Å². The van der Waals surface area contributed by atoms with Gasteiger partial charge in [0.15, 0.2) is 0 Å². The van der Waals surface area contributed by atoms with E-state index in [-0.39, 0.29) is 11.5 Å². The molecule has 120 valence electrons. The molecule has 0 aliphatic heterocycles. The van der Waals surface area contributed by atoms with E-state index >= 15 is 0 Å². The molecule has 0 heterocycles. The molecular weight excluding hydrogens is 258 g/mol. The highest BCUT2D eigenvalue weighted by molar-refractivity contribution is 5.20. The Bertz CT molecular complexity index is 387. The van der Waals surface area contributed by atoms with Crippen molar-refractivity contribution in [3.63, 3.8) is 0 Å². The molecule has 1 rings (SSSR count). The molecule has 2 N–H and O–H groups in total. The maximum absolute atomic E-state index is 6.54. The maximum atomic E-state index is 6.54. The van der Waals surface area contributed by atoms with Crippen molar-refractivity contribution < 1.29 is 0 Å². The number of rotatable bonds is 9. The average Bonchev–Trinajstić information content (AvgIpc) is 2.45. The van der Waals surface area contributed by atoms with Crippen molar-refractivity contribution >= 4 is 0 Å². The fourth-order valence-electron chi connectivity index (χ4n) is 2.71. The zero-order chi connectivity index (χ0) is 15.9. The van der Waals surface area contributed by atoms with Crippen molar-refractivity contribution in [2.45, 2.75) is 33.2 Å². The van der Waals surface area contributed by atoms with Crippen LogP contribution in [-0.4, -0.2) is 50.1 Å². The lowest BCUT2D eigenvalue weighted by Crippen LogP contribution is -2.43. The third kappa shape index (κ3) is 6.16. The normalized spacial score (nSPS) is 13.9. The second-order valence-electron chi connectivity index (χ2n) is 6.96. The van der Waals surface area contributed by atoms with Gasteiger partial charge in [0.2, 0.25) is 0 Å². The molecule has 0 spiro atoms. The molecule has 0 bridgehead atoms. The van der Waals surface area contributed by atoms with Gasteiger partial charge in [-0.05, 0) is 38.0 Å². The zero-order valence-electron chi connectivity index (χ0n) is 14.5. The minimum Gasteiger partial charge on any atom is -0.323 e. The van der Waals surface area contributed by atoms with E-state index in [1.807, 2.05) is 6.07 Å². The van der Waals surface area contributed by atoms with Crippen molar-refractivity contribution in [3.8, 4) is 0 Å². The Balaban J connectivity index is 2.70. The molecular formula is C18H33N3. The lowest BCUT2D eigenvalue weighted by atomic mass is 9.80. The van der Waals surface area contributed by atoms with Crippen molar-refractivity contribution in [2.75, 3.05) is 40.3 Å². The Morgan fingerprint density at radius 3 is 2.19 bits per heavy atom. The largest absolute Gasteiger partial charge is 0.323 e. The van der Waals surface area contributed by atoms with Gasteiger partial charge in [-0.25, -0.2) is 0 Å². The van der Waals surface area contributed by atoms with E-state index in [2.05, 4.69) is 68.9 Å². The van der Waals surface area contributed by atoms with Crippen LogP contribution in [0.4, 0.5) is 0 Å². The topological polar surface area (TPSA) is 32.5 Å². The summed E-state index contributed by atoms with van der Waals surface area (Å²) in [6.07, 6.45) is 1.18. The van der Waals surface area contributed by atoms with Gasteiger partial charge in [0.25, 0.3) is 0 Å². The summed E-state index contributed by atoms with van der Waals surface area (Å²) in [6, 6.07) is 10.5. The first-order chi connectivity index (χ1) is 9.86. The molecule has 0 saturated carbocycles. The Morgan fingerprint density at radius 1 is 1.05 bits per heavy atom. The van der Waals surface area contributed by atoms with E-state index < -0.39 is 0 Å². The van der Waals surface area contributed by atoms with Gasteiger partial charge in [-0.15, -0.1) is 0 Å². The first-order valence-corrected chi connectivity index (χ1v) is 8.04. The van der Waals surface area contributed by atoms with Crippen LogP contribution in [0.25, 0.3) is 0 Å². The maximum Gasteiger partial charge on any atom is 0.0359 e. The summed E-state index contributed by atoms with van der Waals surface area (Å²) in [5, 5.41) is 0. The van der Waals surface area contributed by atoms with Crippen LogP contribution in [0.5, 0.6) is 0 Å². The SMILES string of the molecule is CCCN(CCN(C)C)CC(C)(C)C(N)c1ccccc1. The summed E-state index contributed by atoms with van der Waals surface area (Å²) in [5.41, 5.74) is 7.82. The first kappa shape index (κ1) is 18.1. The number of hydrogen-bond acceptors (Lipinski definition) is 3. The molecule has 1 atom stereocenters. The summed E-state index contributed by atoms with van der Waals surface area (Å²) in [7, 11) is 4.26. The van der Waals surface area contributed by atoms with Crippen LogP contribution in [0.1, 0.15) is 38.8 Å². The second-order valence-corrected chi connectivity index (χ2v) is 6.96. The fourth-order valence-corrected chi connectivity index (χ4v) is 2.71.